The average molecular weight is 394 g/mol. The van der Waals surface area contributed by atoms with Crippen molar-refractivity contribution in [2.75, 3.05) is 13.1 Å². The van der Waals surface area contributed by atoms with Gasteiger partial charge in [0.15, 0.2) is 11.4 Å². The topological polar surface area (TPSA) is 96.0 Å². The molecule has 0 atom stereocenters. The van der Waals surface area contributed by atoms with Crippen LogP contribution in [0.4, 0.5) is 4.39 Å². The molecule has 1 aromatic carbocycles. The third-order valence-corrected chi connectivity index (χ3v) is 4.17. The first kappa shape index (κ1) is 20.7. The Bertz CT molecular complexity index is 782. The van der Waals surface area contributed by atoms with Crippen LogP contribution < -0.4 is 16.0 Å². The standard InChI is InChI=1S/C18H20FN5O2.ClH/c19-13-3-1-12(2-4-13)11-23-17(25)15-16(22-10-9-21-15)18(26)24-14-5-7-20-8-6-14;/h1-4,9-10,14,20H,5-8,11H2,(H,23,25)(H,24,26);1H. The van der Waals surface area contributed by atoms with E-state index in [0.29, 0.717) is 0 Å². The van der Waals surface area contributed by atoms with E-state index < -0.39 is 11.8 Å². The van der Waals surface area contributed by atoms with Gasteiger partial charge in [-0.3, -0.25) is 9.59 Å². The largest absolute Gasteiger partial charge is 0.348 e. The van der Waals surface area contributed by atoms with E-state index in [2.05, 4.69) is 25.9 Å². The van der Waals surface area contributed by atoms with Gasteiger partial charge in [-0.15, -0.1) is 12.4 Å². The summed E-state index contributed by atoms with van der Waals surface area (Å²) in [5.41, 5.74) is 0.716. The number of carbonyl (C=O) groups excluding carboxylic acids is 2. The lowest BCUT2D eigenvalue weighted by Crippen LogP contribution is -2.43. The number of nitrogens with zero attached hydrogens (tertiary/aromatic N) is 2. The second kappa shape index (κ2) is 9.94. The Kier molecular flexibility index (Phi) is 7.63. The Morgan fingerprint density at radius 1 is 1.04 bits per heavy atom. The normalized spacial score (nSPS) is 14.1. The summed E-state index contributed by atoms with van der Waals surface area (Å²) in [5, 5.41) is 8.81. The first-order chi connectivity index (χ1) is 12.6. The predicted octanol–water partition coefficient (Wildman–Crippen LogP) is 1.45. The van der Waals surface area contributed by atoms with Gasteiger partial charge in [0, 0.05) is 25.0 Å². The molecule has 1 fully saturated rings. The third-order valence-electron chi connectivity index (χ3n) is 4.17. The van der Waals surface area contributed by atoms with Gasteiger partial charge in [0.2, 0.25) is 0 Å². The molecule has 0 spiro atoms. The molecule has 0 unspecified atom stereocenters. The number of piperidine rings is 1. The van der Waals surface area contributed by atoms with Gasteiger partial charge in [-0.05, 0) is 43.6 Å². The van der Waals surface area contributed by atoms with Crippen LogP contribution in [-0.2, 0) is 6.54 Å². The molecule has 1 aromatic heterocycles. The lowest BCUT2D eigenvalue weighted by molar-refractivity contribution is 0.0895. The van der Waals surface area contributed by atoms with Gasteiger partial charge in [-0.25, -0.2) is 14.4 Å². The molecule has 3 rings (SSSR count). The zero-order valence-corrected chi connectivity index (χ0v) is 15.4. The molecule has 1 aliphatic rings. The van der Waals surface area contributed by atoms with Crippen LogP contribution in [0.1, 0.15) is 39.4 Å². The first-order valence-electron chi connectivity index (χ1n) is 8.48. The van der Waals surface area contributed by atoms with Crippen molar-refractivity contribution in [2.45, 2.75) is 25.4 Å². The van der Waals surface area contributed by atoms with Crippen LogP contribution in [0.25, 0.3) is 0 Å². The zero-order chi connectivity index (χ0) is 18.4. The summed E-state index contributed by atoms with van der Waals surface area (Å²) in [5.74, 6) is -1.25. The summed E-state index contributed by atoms with van der Waals surface area (Å²) in [6, 6.07) is 5.86. The molecule has 1 saturated heterocycles. The van der Waals surface area contributed by atoms with Crippen LogP contribution >= 0.6 is 12.4 Å². The molecule has 9 heteroatoms. The Labute approximate surface area is 162 Å². The van der Waals surface area contributed by atoms with E-state index in [1.807, 2.05) is 0 Å². The molecule has 144 valence electrons. The molecule has 27 heavy (non-hydrogen) atoms. The zero-order valence-electron chi connectivity index (χ0n) is 14.6. The SMILES string of the molecule is Cl.O=C(NCc1ccc(F)cc1)c1nccnc1C(=O)NC1CCNCC1. The highest BCUT2D eigenvalue weighted by molar-refractivity contribution is 6.04. The number of amides is 2. The Morgan fingerprint density at radius 3 is 2.26 bits per heavy atom. The van der Waals surface area contributed by atoms with Crippen molar-refractivity contribution < 1.29 is 14.0 Å². The lowest BCUT2D eigenvalue weighted by atomic mass is 10.1. The smallest absolute Gasteiger partial charge is 0.272 e. The highest BCUT2D eigenvalue weighted by Gasteiger charge is 2.23. The third kappa shape index (κ3) is 5.70. The maximum absolute atomic E-state index is 12.9. The molecule has 0 bridgehead atoms. The molecular weight excluding hydrogens is 373 g/mol. The number of nitrogens with one attached hydrogen (secondary N) is 3. The highest BCUT2D eigenvalue weighted by atomic mass is 35.5. The quantitative estimate of drug-likeness (QED) is 0.714. The molecule has 2 amide bonds. The minimum absolute atomic E-state index is 0. The second-order valence-corrected chi connectivity index (χ2v) is 6.06. The molecule has 0 radical (unpaired) electrons. The summed E-state index contributed by atoms with van der Waals surface area (Å²) >= 11 is 0. The van der Waals surface area contributed by atoms with Gasteiger partial charge >= 0.3 is 0 Å². The van der Waals surface area contributed by atoms with Gasteiger partial charge < -0.3 is 16.0 Å². The van der Waals surface area contributed by atoms with E-state index in [1.54, 1.807) is 12.1 Å². The monoisotopic (exact) mass is 393 g/mol. The molecule has 0 saturated carbocycles. The number of halogens is 2. The van der Waals surface area contributed by atoms with Crippen molar-refractivity contribution in [1.29, 1.82) is 0 Å². The van der Waals surface area contributed by atoms with E-state index >= 15 is 0 Å². The number of hydrogen-bond donors (Lipinski definition) is 3. The fourth-order valence-corrected chi connectivity index (χ4v) is 2.76. The van der Waals surface area contributed by atoms with Gasteiger partial charge in [0.1, 0.15) is 5.82 Å². The Balaban J connectivity index is 0.00000261. The van der Waals surface area contributed by atoms with E-state index in [1.165, 1.54) is 24.5 Å². The number of rotatable bonds is 5. The minimum atomic E-state index is -0.502. The van der Waals surface area contributed by atoms with Gasteiger partial charge in [-0.2, -0.15) is 0 Å². The van der Waals surface area contributed by atoms with E-state index in [4.69, 9.17) is 0 Å². The molecule has 1 aliphatic heterocycles. The minimum Gasteiger partial charge on any atom is -0.348 e. The summed E-state index contributed by atoms with van der Waals surface area (Å²) in [6.45, 7) is 1.89. The maximum atomic E-state index is 12.9. The maximum Gasteiger partial charge on any atom is 0.272 e. The van der Waals surface area contributed by atoms with Crippen LogP contribution in [0.3, 0.4) is 0 Å². The average Bonchev–Trinajstić information content (AvgIpc) is 2.68. The molecule has 2 aromatic rings. The number of carbonyl (C=O) groups is 2. The number of hydrogen-bond acceptors (Lipinski definition) is 5. The van der Waals surface area contributed by atoms with E-state index in [9.17, 15) is 14.0 Å². The first-order valence-corrected chi connectivity index (χ1v) is 8.48. The van der Waals surface area contributed by atoms with E-state index in [-0.39, 0.29) is 42.2 Å². The van der Waals surface area contributed by atoms with Crippen LogP contribution in [0.2, 0.25) is 0 Å². The predicted molar refractivity (Wildman–Crippen MR) is 100 cm³/mol. The fourth-order valence-electron chi connectivity index (χ4n) is 2.76. The molecular formula is C18H21ClFN5O2. The van der Waals surface area contributed by atoms with Crippen molar-refractivity contribution in [3.05, 3.63) is 59.4 Å². The van der Waals surface area contributed by atoms with Crippen LogP contribution in [0.5, 0.6) is 0 Å². The van der Waals surface area contributed by atoms with E-state index in [0.717, 1.165) is 31.5 Å². The van der Waals surface area contributed by atoms with Crippen molar-refractivity contribution in [3.8, 4) is 0 Å². The summed E-state index contributed by atoms with van der Waals surface area (Å²) in [4.78, 5) is 33.0. The number of benzene rings is 1. The van der Waals surface area contributed by atoms with Crippen molar-refractivity contribution in [3.63, 3.8) is 0 Å². The van der Waals surface area contributed by atoms with Crippen LogP contribution in [0, 0.1) is 5.82 Å². The summed E-state index contributed by atoms with van der Waals surface area (Å²) < 4.78 is 12.9. The van der Waals surface area contributed by atoms with Gasteiger partial charge in [0.05, 0.1) is 0 Å². The Hall–Kier alpha value is -2.58. The Morgan fingerprint density at radius 2 is 1.63 bits per heavy atom. The van der Waals surface area contributed by atoms with Crippen molar-refractivity contribution >= 4 is 24.2 Å². The van der Waals surface area contributed by atoms with Gasteiger partial charge in [-0.1, -0.05) is 12.1 Å². The molecule has 0 aliphatic carbocycles. The van der Waals surface area contributed by atoms with Gasteiger partial charge in [0.25, 0.3) is 11.8 Å². The fraction of sp³-hybridized carbons (Fsp3) is 0.333. The van der Waals surface area contributed by atoms with Crippen LogP contribution in [-0.4, -0.2) is 40.9 Å². The van der Waals surface area contributed by atoms with Crippen molar-refractivity contribution in [2.24, 2.45) is 0 Å². The molecule has 3 N–H and O–H groups in total. The number of aromatic nitrogens is 2. The lowest BCUT2D eigenvalue weighted by Gasteiger charge is -2.23. The van der Waals surface area contributed by atoms with Crippen LogP contribution in [0.15, 0.2) is 36.7 Å². The summed E-state index contributed by atoms with van der Waals surface area (Å²) in [6.07, 6.45) is 4.42. The highest BCUT2D eigenvalue weighted by Crippen LogP contribution is 2.08. The van der Waals surface area contributed by atoms with Crippen molar-refractivity contribution in [1.82, 2.24) is 25.9 Å². The second-order valence-electron chi connectivity index (χ2n) is 6.06. The molecule has 7 nitrogen and oxygen atoms in total. The summed E-state index contributed by atoms with van der Waals surface area (Å²) in [7, 11) is 0. The molecule has 2 heterocycles.